The molecule has 2 aliphatic rings. The Balaban J connectivity index is 2.03. The van der Waals surface area contributed by atoms with E-state index >= 15 is 0 Å². The lowest BCUT2D eigenvalue weighted by Crippen LogP contribution is -2.57. The van der Waals surface area contributed by atoms with Gasteiger partial charge in [-0.05, 0) is 38.8 Å². The van der Waals surface area contributed by atoms with Gasteiger partial charge in [0.2, 0.25) is 0 Å². The van der Waals surface area contributed by atoms with Crippen molar-refractivity contribution < 1.29 is 4.74 Å². The van der Waals surface area contributed by atoms with Gasteiger partial charge in [0.15, 0.2) is 0 Å². The molecule has 2 N–H and O–H groups in total. The van der Waals surface area contributed by atoms with Crippen molar-refractivity contribution in [2.75, 3.05) is 32.8 Å². The minimum absolute atomic E-state index is 0.189. The summed E-state index contributed by atoms with van der Waals surface area (Å²) in [5.41, 5.74) is 6.09. The van der Waals surface area contributed by atoms with Gasteiger partial charge in [0.05, 0.1) is 12.1 Å². The Bertz CT molecular complexity index is 160. The van der Waals surface area contributed by atoms with E-state index in [1.165, 1.54) is 38.8 Å². The zero-order valence-electron chi connectivity index (χ0n) is 8.30. The third kappa shape index (κ3) is 1.73. The second-order valence-electron chi connectivity index (χ2n) is 4.28. The van der Waals surface area contributed by atoms with E-state index in [2.05, 4.69) is 4.90 Å². The minimum Gasteiger partial charge on any atom is -0.379 e. The van der Waals surface area contributed by atoms with Crippen molar-refractivity contribution in [1.29, 1.82) is 0 Å². The van der Waals surface area contributed by atoms with Crippen molar-refractivity contribution in [3.8, 4) is 0 Å². The fraction of sp³-hybridized carbons (Fsp3) is 1.00. The van der Waals surface area contributed by atoms with Gasteiger partial charge in [-0.15, -0.1) is 0 Å². The number of nitrogens with two attached hydrogens (primary N) is 1. The van der Waals surface area contributed by atoms with Crippen LogP contribution in [-0.4, -0.2) is 43.3 Å². The lowest BCUT2D eigenvalue weighted by molar-refractivity contribution is -0.0353. The highest BCUT2D eigenvalue weighted by Gasteiger charge is 2.38. The van der Waals surface area contributed by atoms with Crippen LogP contribution in [0.1, 0.15) is 25.7 Å². The fourth-order valence-electron chi connectivity index (χ4n) is 2.57. The topological polar surface area (TPSA) is 38.5 Å². The summed E-state index contributed by atoms with van der Waals surface area (Å²) in [6.07, 6.45) is 5.07. The van der Waals surface area contributed by atoms with Gasteiger partial charge in [0.25, 0.3) is 0 Å². The van der Waals surface area contributed by atoms with Crippen molar-refractivity contribution in [2.45, 2.75) is 31.2 Å². The molecule has 0 bridgehead atoms. The maximum absolute atomic E-state index is 5.90. The van der Waals surface area contributed by atoms with Gasteiger partial charge in [-0.2, -0.15) is 0 Å². The zero-order valence-corrected chi connectivity index (χ0v) is 8.30. The molecule has 0 amide bonds. The molecule has 0 aromatic heterocycles. The molecular formula is C10H20N2O. The highest BCUT2D eigenvalue weighted by atomic mass is 16.5. The summed E-state index contributed by atoms with van der Waals surface area (Å²) in [6.45, 7) is 4.98. The molecule has 76 valence electrons. The third-order valence-electron chi connectivity index (χ3n) is 3.46. The Morgan fingerprint density at radius 2 is 2.00 bits per heavy atom. The molecule has 2 saturated heterocycles. The summed E-state index contributed by atoms with van der Waals surface area (Å²) in [5, 5.41) is 0. The normalized spacial score (nSPS) is 36.7. The number of hydrogen-bond donors (Lipinski definition) is 1. The second kappa shape index (κ2) is 3.95. The van der Waals surface area contributed by atoms with Crippen molar-refractivity contribution in [1.82, 2.24) is 4.90 Å². The van der Waals surface area contributed by atoms with Crippen LogP contribution in [0.4, 0.5) is 0 Å². The number of hydrogen-bond acceptors (Lipinski definition) is 3. The van der Waals surface area contributed by atoms with E-state index in [1.807, 2.05) is 0 Å². The molecule has 2 aliphatic heterocycles. The first kappa shape index (κ1) is 9.44. The summed E-state index contributed by atoms with van der Waals surface area (Å²) < 4.78 is 5.57. The molecule has 1 unspecified atom stereocenters. The molecule has 0 saturated carbocycles. The average Bonchev–Trinajstić information content (AvgIpc) is 2.72. The highest BCUT2D eigenvalue weighted by molar-refractivity contribution is 4.95. The Morgan fingerprint density at radius 1 is 1.23 bits per heavy atom. The Kier molecular flexibility index (Phi) is 2.86. The van der Waals surface area contributed by atoms with Gasteiger partial charge in [-0.3, -0.25) is 4.90 Å². The fourth-order valence-corrected chi connectivity index (χ4v) is 2.57. The van der Waals surface area contributed by atoms with Gasteiger partial charge in [-0.25, -0.2) is 0 Å². The van der Waals surface area contributed by atoms with Crippen LogP contribution in [0.25, 0.3) is 0 Å². The molecule has 2 fully saturated rings. The first-order valence-corrected chi connectivity index (χ1v) is 5.40. The van der Waals surface area contributed by atoms with Crippen molar-refractivity contribution in [3.63, 3.8) is 0 Å². The van der Waals surface area contributed by atoms with E-state index in [-0.39, 0.29) is 5.54 Å². The largest absolute Gasteiger partial charge is 0.379 e. The Labute approximate surface area is 80.2 Å². The average molecular weight is 184 g/mol. The van der Waals surface area contributed by atoms with Gasteiger partial charge < -0.3 is 10.5 Å². The van der Waals surface area contributed by atoms with Crippen LogP contribution in [0.5, 0.6) is 0 Å². The first-order chi connectivity index (χ1) is 6.37. The van der Waals surface area contributed by atoms with E-state index in [0.29, 0.717) is 0 Å². The number of nitrogens with zero attached hydrogens (tertiary/aromatic N) is 1. The summed E-state index contributed by atoms with van der Waals surface area (Å²) >= 11 is 0. The van der Waals surface area contributed by atoms with Crippen molar-refractivity contribution in [2.24, 2.45) is 5.73 Å². The maximum Gasteiger partial charge on any atom is 0.0662 e. The van der Waals surface area contributed by atoms with Crippen LogP contribution < -0.4 is 5.73 Å². The molecule has 0 radical (unpaired) electrons. The Hall–Kier alpha value is -0.120. The summed E-state index contributed by atoms with van der Waals surface area (Å²) in [6, 6.07) is 0. The minimum atomic E-state index is 0.189. The van der Waals surface area contributed by atoms with Crippen LogP contribution in [0, 0.1) is 0 Å². The summed E-state index contributed by atoms with van der Waals surface area (Å²) in [7, 11) is 0. The van der Waals surface area contributed by atoms with E-state index < -0.39 is 0 Å². The zero-order chi connectivity index (χ0) is 9.15. The summed E-state index contributed by atoms with van der Waals surface area (Å²) in [5.74, 6) is 0. The third-order valence-corrected chi connectivity index (χ3v) is 3.46. The van der Waals surface area contributed by atoms with E-state index in [9.17, 15) is 0 Å². The highest BCUT2D eigenvalue weighted by Crippen LogP contribution is 2.28. The molecule has 3 nitrogen and oxygen atoms in total. The predicted molar refractivity (Wildman–Crippen MR) is 52.6 cm³/mol. The van der Waals surface area contributed by atoms with Gasteiger partial charge in [0, 0.05) is 13.2 Å². The molecule has 0 spiro atoms. The van der Waals surface area contributed by atoms with Gasteiger partial charge in [0.1, 0.15) is 0 Å². The monoisotopic (exact) mass is 184 g/mol. The molecule has 0 aromatic carbocycles. The molecule has 0 aliphatic carbocycles. The van der Waals surface area contributed by atoms with Crippen molar-refractivity contribution in [3.05, 3.63) is 0 Å². The predicted octanol–water partition coefficient (Wildman–Crippen LogP) is 0.590. The van der Waals surface area contributed by atoms with E-state index in [0.717, 1.165) is 19.8 Å². The quantitative estimate of drug-likeness (QED) is 0.682. The Morgan fingerprint density at radius 3 is 2.54 bits per heavy atom. The van der Waals surface area contributed by atoms with Crippen LogP contribution in [-0.2, 0) is 4.74 Å². The first-order valence-electron chi connectivity index (χ1n) is 5.40. The van der Waals surface area contributed by atoms with Crippen LogP contribution >= 0.6 is 0 Å². The van der Waals surface area contributed by atoms with Gasteiger partial charge >= 0.3 is 0 Å². The summed E-state index contributed by atoms with van der Waals surface area (Å²) in [4.78, 5) is 2.55. The maximum atomic E-state index is 5.90. The lowest BCUT2D eigenvalue weighted by atomic mass is 9.91. The lowest BCUT2D eigenvalue weighted by Gasteiger charge is -2.43. The molecular weight excluding hydrogens is 164 g/mol. The van der Waals surface area contributed by atoms with Crippen LogP contribution in [0.2, 0.25) is 0 Å². The molecule has 2 heterocycles. The standard InChI is InChI=1S/C10H20N2O/c11-8-10(4-3-7-13-9-10)12-5-1-2-6-12/h1-9,11H2. The molecule has 0 aromatic rings. The number of ether oxygens (including phenoxy) is 1. The number of likely N-dealkylation sites (tertiary alicyclic amines) is 1. The van der Waals surface area contributed by atoms with E-state index in [1.54, 1.807) is 0 Å². The van der Waals surface area contributed by atoms with Crippen LogP contribution in [0.3, 0.4) is 0 Å². The SMILES string of the molecule is NCC1(N2CCCC2)CCCOC1. The van der Waals surface area contributed by atoms with Crippen molar-refractivity contribution >= 4 is 0 Å². The smallest absolute Gasteiger partial charge is 0.0662 e. The number of rotatable bonds is 2. The molecule has 13 heavy (non-hydrogen) atoms. The second-order valence-corrected chi connectivity index (χ2v) is 4.28. The van der Waals surface area contributed by atoms with Gasteiger partial charge in [-0.1, -0.05) is 0 Å². The molecule has 3 heteroatoms. The molecule has 1 atom stereocenters. The van der Waals surface area contributed by atoms with Crippen LogP contribution in [0.15, 0.2) is 0 Å². The van der Waals surface area contributed by atoms with E-state index in [4.69, 9.17) is 10.5 Å². The molecule has 2 rings (SSSR count).